The normalized spacial score (nSPS) is 11.8. The van der Waals surface area contributed by atoms with E-state index in [1.165, 1.54) is 24.3 Å². The van der Waals surface area contributed by atoms with Gasteiger partial charge >= 0.3 is 0 Å². The monoisotopic (exact) mass is 577 g/mol. The zero-order valence-electron chi connectivity index (χ0n) is 19.7. The number of hydrogen-bond acceptors (Lipinski definition) is 5. The van der Waals surface area contributed by atoms with Gasteiger partial charge in [-0.15, -0.1) is 0 Å². The minimum Gasteiger partial charge on any atom is -0.496 e. The summed E-state index contributed by atoms with van der Waals surface area (Å²) in [7, 11) is -2.48. The molecule has 3 aromatic carbocycles. The Labute approximate surface area is 218 Å². The summed E-state index contributed by atoms with van der Waals surface area (Å²) < 4.78 is 34.0. The molecule has 3 rings (SSSR count). The Morgan fingerprint density at radius 3 is 2.34 bits per heavy atom. The Morgan fingerprint density at radius 2 is 1.74 bits per heavy atom. The van der Waals surface area contributed by atoms with Gasteiger partial charge in [-0.25, -0.2) is 13.8 Å². The molecule has 0 saturated heterocycles. The highest BCUT2D eigenvalue weighted by atomic mass is 79.9. The Kier molecular flexibility index (Phi) is 8.58. The number of hydrogen-bond donors (Lipinski definition) is 1. The topological polar surface area (TPSA) is 88.1 Å². The van der Waals surface area contributed by atoms with E-state index in [1.807, 2.05) is 26.0 Å². The first-order chi connectivity index (χ1) is 16.5. The maximum atomic E-state index is 13.5. The van der Waals surface area contributed by atoms with Gasteiger partial charge in [0.15, 0.2) is 0 Å². The predicted octanol–water partition coefficient (Wildman–Crippen LogP) is 5.46. The average molecular weight is 579 g/mol. The number of halogens is 2. The molecule has 0 heterocycles. The van der Waals surface area contributed by atoms with Crippen LogP contribution in [0, 0.1) is 13.8 Å². The zero-order chi connectivity index (χ0) is 25.8. The standard InChI is InChI=1S/C25H25BrClN3O4S/c1-16-5-9-21(13-17(16)2)30(35(32,33)22-10-7-20(27)8-11-22)15-25(31)29-28-18(3)19-6-12-24(34-4)23(26)14-19/h5-14H,15H2,1-4H3,(H,29,31)/b28-18-. The lowest BCUT2D eigenvalue weighted by atomic mass is 10.1. The van der Waals surface area contributed by atoms with Crippen molar-refractivity contribution in [2.75, 3.05) is 18.0 Å². The number of carbonyl (C=O) groups excluding carboxylic acids is 1. The Balaban J connectivity index is 1.89. The average Bonchev–Trinajstić information content (AvgIpc) is 2.83. The summed E-state index contributed by atoms with van der Waals surface area (Å²) in [6.07, 6.45) is 0. The molecule has 184 valence electrons. The van der Waals surface area contributed by atoms with E-state index < -0.39 is 22.5 Å². The maximum Gasteiger partial charge on any atom is 0.264 e. The number of carbonyl (C=O) groups is 1. The molecule has 0 aliphatic heterocycles. The first-order valence-corrected chi connectivity index (χ1v) is 13.2. The summed E-state index contributed by atoms with van der Waals surface area (Å²) in [6, 6.07) is 16.4. The Morgan fingerprint density at radius 1 is 1.06 bits per heavy atom. The third kappa shape index (κ3) is 6.42. The fraction of sp³-hybridized carbons (Fsp3) is 0.200. The second-order valence-corrected chi connectivity index (χ2v) is 11.0. The van der Waals surface area contributed by atoms with Gasteiger partial charge in [0.05, 0.1) is 27.9 Å². The minimum absolute atomic E-state index is 0.0238. The fourth-order valence-electron chi connectivity index (χ4n) is 3.20. The molecular weight excluding hydrogens is 554 g/mol. The van der Waals surface area contributed by atoms with E-state index in [1.54, 1.807) is 38.3 Å². The van der Waals surface area contributed by atoms with Gasteiger partial charge in [-0.3, -0.25) is 9.10 Å². The molecule has 0 fully saturated rings. The molecule has 0 unspecified atom stereocenters. The quantitative estimate of drug-likeness (QED) is 0.284. The van der Waals surface area contributed by atoms with Crippen molar-refractivity contribution in [1.82, 2.24) is 5.43 Å². The van der Waals surface area contributed by atoms with Crippen molar-refractivity contribution in [3.8, 4) is 5.75 Å². The molecule has 1 amide bonds. The number of nitrogens with one attached hydrogen (secondary N) is 1. The SMILES string of the molecule is COc1ccc(/C(C)=N\NC(=O)CN(c2ccc(C)c(C)c2)S(=O)(=O)c2ccc(Cl)cc2)cc1Br. The van der Waals surface area contributed by atoms with Crippen molar-refractivity contribution < 1.29 is 17.9 Å². The number of nitrogens with zero attached hydrogens (tertiary/aromatic N) is 2. The molecule has 0 atom stereocenters. The van der Waals surface area contributed by atoms with Crippen LogP contribution in [-0.2, 0) is 14.8 Å². The minimum atomic E-state index is -4.05. The number of aryl methyl sites for hydroxylation is 2. The molecule has 0 aliphatic rings. The predicted molar refractivity (Wildman–Crippen MR) is 143 cm³/mol. The number of anilines is 1. The van der Waals surface area contributed by atoms with E-state index in [-0.39, 0.29) is 4.90 Å². The van der Waals surface area contributed by atoms with Crippen molar-refractivity contribution in [1.29, 1.82) is 0 Å². The summed E-state index contributed by atoms with van der Waals surface area (Å²) >= 11 is 9.36. The Bertz CT molecular complexity index is 1380. The first kappa shape index (κ1) is 26.7. The second-order valence-electron chi connectivity index (χ2n) is 7.82. The van der Waals surface area contributed by atoms with Gasteiger partial charge < -0.3 is 4.74 Å². The highest BCUT2D eigenvalue weighted by molar-refractivity contribution is 9.10. The van der Waals surface area contributed by atoms with Crippen LogP contribution in [0.5, 0.6) is 5.75 Å². The van der Waals surface area contributed by atoms with E-state index in [9.17, 15) is 13.2 Å². The highest BCUT2D eigenvalue weighted by Gasteiger charge is 2.27. The van der Waals surface area contributed by atoms with E-state index in [0.29, 0.717) is 22.2 Å². The van der Waals surface area contributed by atoms with Crippen LogP contribution in [0.3, 0.4) is 0 Å². The van der Waals surface area contributed by atoms with Gasteiger partial charge in [0.25, 0.3) is 15.9 Å². The van der Waals surface area contributed by atoms with Crippen LogP contribution in [0.1, 0.15) is 23.6 Å². The van der Waals surface area contributed by atoms with Crippen LogP contribution in [0.4, 0.5) is 5.69 Å². The molecule has 0 radical (unpaired) electrons. The molecule has 1 N–H and O–H groups in total. The van der Waals surface area contributed by atoms with Crippen molar-refractivity contribution in [3.05, 3.63) is 86.8 Å². The third-order valence-corrected chi connectivity index (χ3v) is 8.04. The number of methoxy groups -OCH3 is 1. The highest BCUT2D eigenvalue weighted by Crippen LogP contribution is 2.27. The lowest BCUT2D eigenvalue weighted by Crippen LogP contribution is -2.39. The largest absolute Gasteiger partial charge is 0.496 e. The second kappa shape index (κ2) is 11.2. The maximum absolute atomic E-state index is 13.5. The van der Waals surface area contributed by atoms with Crippen LogP contribution in [0.15, 0.2) is 75.1 Å². The summed E-state index contributed by atoms with van der Waals surface area (Å²) in [5.41, 5.74) is 6.05. The van der Waals surface area contributed by atoms with Crippen LogP contribution in [-0.4, -0.2) is 33.7 Å². The molecule has 3 aromatic rings. The van der Waals surface area contributed by atoms with Gasteiger partial charge in [0.2, 0.25) is 0 Å². The van der Waals surface area contributed by atoms with Gasteiger partial charge in [-0.1, -0.05) is 17.7 Å². The van der Waals surface area contributed by atoms with E-state index in [0.717, 1.165) is 25.5 Å². The number of rotatable bonds is 8. The molecule has 10 heteroatoms. The summed E-state index contributed by atoms with van der Waals surface area (Å²) in [5, 5.41) is 4.56. The van der Waals surface area contributed by atoms with Crippen molar-refractivity contribution in [2.45, 2.75) is 25.7 Å². The Hall–Kier alpha value is -2.88. The number of ether oxygens (including phenoxy) is 1. The van der Waals surface area contributed by atoms with Crippen molar-refractivity contribution in [3.63, 3.8) is 0 Å². The zero-order valence-corrected chi connectivity index (χ0v) is 22.8. The van der Waals surface area contributed by atoms with E-state index in [4.69, 9.17) is 16.3 Å². The van der Waals surface area contributed by atoms with Crippen LogP contribution in [0.25, 0.3) is 0 Å². The number of benzene rings is 3. The lowest BCUT2D eigenvalue weighted by Gasteiger charge is -2.24. The van der Waals surface area contributed by atoms with Gasteiger partial charge in [0, 0.05) is 5.02 Å². The summed E-state index contributed by atoms with van der Waals surface area (Å²) in [4.78, 5) is 12.9. The van der Waals surface area contributed by atoms with Crippen LogP contribution >= 0.6 is 27.5 Å². The third-order valence-electron chi connectivity index (χ3n) is 5.39. The van der Waals surface area contributed by atoms with Gasteiger partial charge in [0.1, 0.15) is 12.3 Å². The molecular formula is C25H25BrClN3O4S. The van der Waals surface area contributed by atoms with Crippen molar-refractivity contribution in [2.24, 2.45) is 5.10 Å². The molecule has 0 spiro atoms. The van der Waals surface area contributed by atoms with E-state index in [2.05, 4.69) is 26.5 Å². The van der Waals surface area contributed by atoms with Crippen LogP contribution in [0.2, 0.25) is 5.02 Å². The van der Waals surface area contributed by atoms with Crippen molar-refractivity contribution >= 4 is 54.9 Å². The number of hydrazone groups is 1. The molecule has 7 nitrogen and oxygen atoms in total. The molecule has 0 aromatic heterocycles. The summed E-state index contributed by atoms with van der Waals surface area (Å²) in [6.45, 7) is 5.09. The fourth-order valence-corrected chi connectivity index (χ4v) is 5.28. The number of amides is 1. The lowest BCUT2D eigenvalue weighted by molar-refractivity contribution is -0.119. The molecule has 0 bridgehead atoms. The number of sulfonamides is 1. The summed E-state index contributed by atoms with van der Waals surface area (Å²) in [5.74, 6) is 0.0784. The van der Waals surface area contributed by atoms with Crippen LogP contribution < -0.4 is 14.5 Å². The molecule has 0 aliphatic carbocycles. The smallest absolute Gasteiger partial charge is 0.264 e. The molecule has 0 saturated carbocycles. The van der Waals surface area contributed by atoms with Gasteiger partial charge in [-0.2, -0.15) is 5.10 Å². The van der Waals surface area contributed by atoms with E-state index >= 15 is 0 Å². The first-order valence-electron chi connectivity index (χ1n) is 10.6. The molecule has 35 heavy (non-hydrogen) atoms. The van der Waals surface area contributed by atoms with Gasteiger partial charge in [-0.05, 0) is 108 Å².